The normalized spacial score (nSPS) is 10.5. The lowest BCUT2D eigenvalue weighted by atomic mass is 10.2. The second-order valence-corrected chi connectivity index (χ2v) is 5.57. The third kappa shape index (κ3) is 6.02. The number of para-hydroxylation sites is 2. The highest BCUT2D eigenvalue weighted by molar-refractivity contribution is 5.39. The highest BCUT2D eigenvalue weighted by atomic mass is 16.7. The molecule has 0 amide bonds. The van der Waals surface area contributed by atoms with Crippen LogP contribution in [0.1, 0.15) is 17.5 Å². The molecule has 11 heteroatoms. The maximum Gasteiger partial charge on any atom is 0.274 e. The molecule has 2 rings (SSSR count). The van der Waals surface area contributed by atoms with E-state index in [0.717, 1.165) is 0 Å². The van der Waals surface area contributed by atoms with Gasteiger partial charge in [-0.3, -0.25) is 20.2 Å². The van der Waals surface area contributed by atoms with Gasteiger partial charge in [-0.25, -0.2) is 0 Å². The zero-order valence-electron chi connectivity index (χ0n) is 14.7. The average Bonchev–Trinajstić information content (AvgIpc) is 2.70. The highest BCUT2D eigenvalue weighted by Crippen LogP contribution is 2.22. The van der Waals surface area contributed by atoms with Crippen LogP contribution in [-0.2, 0) is 22.7 Å². The fourth-order valence-electron chi connectivity index (χ4n) is 2.41. The molecule has 2 aromatic carbocycles. The first-order valence-corrected chi connectivity index (χ1v) is 8.21. The largest absolute Gasteiger partial charge is 0.348 e. The molecular formula is C17H17N5O6. The molecule has 0 saturated carbocycles. The predicted octanol–water partition coefficient (Wildman–Crippen LogP) is 4.26. The van der Waals surface area contributed by atoms with Crippen LogP contribution >= 0.6 is 0 Å². The van der Waals surface area contributed by atoms with Crippen molar-refractivity contribution in [3.8, 4) is 0 Å². The number of azide groups is 1. The van der Waals surface area contributed by atoms with E-state index in [1.807, 2.05) is 0 Å². The van der Waals surface area contributed by atoms with Gasteiger partial charge in [0.25, 0.3) is 11.4 Å². The third-order valence-electron chi connectivity index (χ3n) is 3.75. The molecule has 0 spiro atoms. The molecule has 0 aliphatic rings. The average molecular weight is 387 g/mol. The molecular weight excluding hydrogens is 370 g/mol. The Kier molecular flexibility index (Phi) is 7.85. The number of hydrogen-bond donors (Lipinski definition) is 0. The number of nitro benzene ring substituents is 2. The van der Waals surface area contributed by atoms with E-state index in [2.05, 4.69) is 10.0 Å². The Morgan fingerprint density at radius 2 is 1.39 bits per heavy atom. The summed E-state index contributed by atoms with van der Waals surface area (Å²) in [5.41, 5.74) is 8.95. The Bertz CT molecular complexity index is 822. The maximum absolute atomic E-state index is 11.1. The molecule has 0 saturated heterocycles. The number of hydrogen-bond acceptors (Lipinski definition) is 7. The number of benzene rings is 2. The van der Waals surface area contributed by atoms with Gasteiger partial charge in [-0.2, -0.15) is 0 Å². The fraction of sp³-hybridized carbons (Fsp3) is 0.294. The van der Waals surface area contributed by atoms with Crippen molar-refractivity contribution in [1.29, 1.82) is 0 Å². The standard InChI is InChI=1S/C17H17N5O6/c18-20-19-10-9-17(27-11-13-5-1-3-7-15(13)21(23)24)28-12-14-6-2-4-8-16(14)22(25)26/h1-8,17H,9-12H2. The molecule has 0 aromatic heterocycles. The van der Waals surface area contributed by atoms with E-state index >= 15 is 0 Å². The van der Waals surface area contributed by atoms with Gasteiger partial charge in [-0.1, -0.05) is 29.4 Å². The van der Waals surface area contributed by atoms with Crippen LogP contribution in [-0.4, -0.2) is 22.7 Å². The molecule has 0 bridgehead atoms. The van der Waals surface area contributed by atoms with Crippen molar-refractivity contribution in [2.24, 2.45) is 5.11 Å². The summed E-state index contributed by atoms with van der Waals surface area (Å²) in [6.45, 7) is -0.126. The molecule has 2 aromatic rings. The summed E-state index contributed by atoms with van der Waals surface area (Å²) in [7, 11) is 0. The second kappa shape index (κ2) is 10.6. The zero-order valence-corrected chi connectivity index (χ0v) is 14.7. The first kappa shape index (κ1) is 20.8. The van der Waals surface area contributed by atoms with Crippen molar-refractivity contribution in [3.05, 3.63) is 90.3 Å². The lowest BCUT2D eigenvalue weighted by molar-refractivity contribution is -0.386. The summed E-state index contributed by atoms with van der Waals surface area (Å²) in [5, 5.41) is 25.6. The Morgan fingerprint density at radius 1 is 0.929 bits per heavy atom. The van der Waals surface area contributed by atoms with Gasteiger partial charge in [0.05, 0.1) is 34.2 Å². The van der Waals surface area contributed by atoms with Gasteiger partial charge >= 0.3 is 0 Å². The van der Waals surface area contributed by atoms with Crippen LogP contribution in [0, 0.1) is 20.2 Å². The minimum atomic E-state index is -0.870. The zero-order chi connectivity index (χ0) is 20.4. The maximum atomic E-state index is 11.1. The molecule has 0 atom stereocenters. The predicted molar refractivity (Wildman–Crippen MR) is 98.2 cm³/mol. The molecule has 0 fully saturated rings. The second-order valence-electron chi connectivity index (χ2n) is 5.57. The van der Waals surface area contributed by atoms with Crippen LogP contribution < -0.4 is 0 Å². The molecule has 0 N–H and O–H groups in total. The molecule has 0 radical (unpaired) electrons. The Balaban J connectivity index is 2.07. The van der Waals surface area contributed by atoms with Crippen molar-refractivity contribution < 1.29 is 19.3 Å². The third-order valence-corrected chi connectivity index (χ3v) is 3.75. The van der Waals surface area contributed by atoms with Gasteiger partial charge in [-0.05, 0) is 17.7 Å². The van der Waals surface area contributed by atoms with Crippen molar-refractivity contribution in [2.45, 2.75) is 25.9 Å². The summed E-state index contributed by atoms with van der Waals surface area (Å²) in [6.07, 6.45) is -0.684. The van der Waals surface area contributed by atoms with E-state index < -0.39 is 16.1 Å². The Labute approximate surface area is 159 Å². The van der Waals surface area contributed by atoms with Crippen LogP contribution in [0.25, 0.3) is 10.4 Å². The Morgan fingerprint density at radius 3 is 1.82 bits per heavy atom. The van der Waals surface area contributed by atoms with Crippen LogP contribution in [0.5, 0.6) is 0 Å². The summed E-state index contributed by atoms with van der Waals surface area (Å²) < 4.78 is 11.2. The van der Waals surface area contributed by atoms with E-state index in [-0.39, 0.29) is 37.6 Å². The van der Waals surface area contributed by atoms with E-state index in [9.17, 15) is 20.2 Å². The van der Waals surface area contributed by atoms with E-state index in [0.29, 0.717) is 11.1 Å². The van der Waals surface area contributed by atoms with Gasteiger partial charge in [0.2, 0.25) is 0 Å². The van der Waals surface area contributed by atoms with E-state index in [1.165, 1.54) is 12.1 Å². The molecule has 0 aliphatic heterocycles. The first-order valence-electron chi connectivity index (χ1n) is 8.21. The van der Waals surface area contributed by atoms with Gasteiger partial charge in [0.1, 0.15) is 0 Å². The van der Waals surface area contributed by atoms with E-state index in [4.69, 9.17) is 15.0 Å². The number of nitro groups is 2. The van der Waals surface area contributed by atoms with Crippen LogP contribution in [0.15, 0.2) is 53.6 Å². The van der Waals surface area contributed by atoms with Crippen molar-refractivity contribution >= 4 is 11.4 Å². The SMILES string of the molecule is [N-]=[N+]=NCCC(OCc1ccccc1[N+](=O)[O-])OCc1ccccc1[N+](=O)[O-]. The summed E-state index contributed by atoms with van der Waals surface area (Å²) in [5.74, 6) is 0. The Hall–Kier alpha value is -3.53. The fourth-order valence-corrected chi connectivity index (χ4v) is 2.41. The molecule has 11 nitrogen and oxygen atoms in total. The van der Waals surface area contributed by atoms with Crippen LogP contribution in [0.2, 0.25) is 0 Å². The van der Waals surface area contributed by atoms with Gasteiger partial charge in [-0.15, -0.1) is 0 Å². The monoisotopic (exact) mass is 387 g/mol. The number of nitrogens with zero attached hydrogens (tertiary/aromatic N) is 5. The molecule has 0 heterocycles. The summed E-state index contributed by atoms with van der Waals surface area (Å²) >= 11 is 0. The smallest absolute Gasteiger partial charge is 0.274 e. The molecule has 28 heavy (non-hydrogen) atoms. The van der Waals surface area contributed by atoms with Crippen LogP contribution in [0.3, 0.4) is 0 Å². The topological polar surface area (TPSA) is 154 Å². The first-order chi connectivity index (χ1) is 13.5. The quantitative estimate of drug-likeness (QED) is 0.140. The lowest BCUT2D eigenvalue weighted by Crippen LogP contribution is -2.19. The van der Waals surface area contributed by atoms with Crippen molar-refractivity contribution in [3.63, 3.8) is 0 Å². The summed E-state index contributed by atoms with van der Waals surface area (Å²) in [6, 6.07) is 12.2. The molecule has 0 unspecified atom stereocenters. The summed E-state index contributed by atoms with van der Waals surface area (Å²) in [4.78, 5) is 23.8. The van der Waals surface area contributed by atoms with Gasteiger partial charge in [0.15, 0.2) is 6.29 Å². The number of ether oxygens (including phenoxy) is 2. The van der Waals surface area contributed by atoms with Crippen molar-refractivity contribution in [1.82, 2.24) is 0 Å². The minimum Gasteiger partial charge on any atom is -0.348 e. The van der Waals surface area contributed by atoms with Gasteiger partial charge < -0.3 is 9.47 Å². The van der Waals surface area contributed by atoms with Crippen molar-refractivity contribution in [2.75, 3.05) is 6.54 Å². The highest BCUT2D eigenvalue weighted by Gasteiger charge is 2.18. The van der Waals surface area contributed by atoms with E-state index in [1.54, 1.807) is 36.4 Å². The van der Waals surface area contributed by atoms with Gasteiger partial charge in [0, 0.05) is 30.0 Å². The minimum absolute atomic E-state index is 0.0783. The van der Waals surface area contributed by atoms with Crippen LogP contribution in [0.4, 0.5) is 11.4 Å². The molecule has 146 valence electrons. The lowest BCUT2D eigenvalue weighted by Gasteiger charge is -2.18. The number of rotatable bonds is 11. The molecule has 0 aliphatic carbocycles.